The molecule has 4 heteroatoms. The van der Waals surface area contributed by atoms with Crippen LogP contribution in [0.5, 0.6) is 0 Å². The maximum absolute atomic E-state index is 13.0. The lowest BCUT2D eigenvalue weighted by Gasteiger charge is -2.46. The number of aryl methyl sites for hydroxylation is 2. The Bertz CT molecular complexity index is 859. The Hall–Kier alpha value is -2.62. The second-order valence-electron chi connectivity index (χ2n) is 10.0. The van der Waals surface area contributed by atoms with Gasteiger partial charge in [0.1, 0.15) is 12.2 Å². The van der Waals surface area contributed by atoms with Gasteiger partial charge in [-0.05, 0) is 98.6 Å². The summed E-state index contributed by atoms with van der Waals surface area (Å²) in [7, 11) is 0. The summed E-state index contributed by atoms with van der Waals surface area (Å²) < 4.78 is 12.1. The maximum Gasteiger partial charge on any atom is 0.338 e. The second kappa shape index (κ2) is 11.7. The minimum Gasteiger partial charge on any atom is -0.455 e. The first-order chi connectivity index (χ1) is 16.6. The van der Waals surface area contributed by atoms with Crippen LogP contribution in [0.3, 0.4) is 0 Å². The Morgan fingerprint density at radius 2 is 1.00 bits per heavy atom. The van der Waals surface area contributed by atoms with Crippen LogP contribution in [0.1, 0.15) is 97.1 Å². The average molecular weight is 463 g/mol. The van der Waals surface area contributed by atoms with Gasteiger partial charge < -0.3 is 9.47 Å². The van der Waals surface area contributed by atoms with Crippen molar-refractivity contribution in [3.8, 4) is 0 Å². The summed E-state index contributed by atoms with van der Waals surface area (Å²) >= 11 is 0. The summed E-state index contributed by atoms with van der Waals surface area (Å²) in [6.07, 6.45) is 10.0. The summed E-state index contributed by atoms with van der Waals surface area (Å²) in [5.74, 6) is -0.124. The third-order valence-corrected chi connectivity index (χ3v) is 7.57. The number of hydrogen-bond acceptors (Lipinski definition) is 4. The molecule has 3 fully saturated rings. The van der Waals surface area contributed by atoms with Gasteiger partial charge in [0.25, 0.3) is 0 Å². The molecule has 182 valence electrons. The fraction of sp³-hybridized carbons (Fsp3) is 0.533. The van der Waals surface area contributed by atoms with E-state index >= 15 is 0 Å². The Labute approximate surface area is 204 Å². The summed E-state index contributed by atoms with van der Waals surface area (Å²) in [6, 6.07) is 15.5. The molecule has 0 heterocycles. The molecule has 0 amide bonds. The molecule has 0 saturated heterocycles. The normalized spacial score (nSPS) is 23.5. The SMILES string of the molecule is CCCCc1ccc(C(=O)OC2C3CCC(CC3)C2OC(=O)c2ccc(CCCC)cc2)cc1. The van der Waals surface area contributed by atoms with Crippen molar-refractivity contribution in [1.82, 2.24) is 0 Å². The Balaban J connectivity index is 1.42. The molecule has 2 bridgehead atoms. The molecule has 0 aromatic heterocycles. The van der Waals surface area contributed by atoms with Crippen LogP contribution in [0.4, 0.5) is 0 Å². The molecule has 0 spiro atoms. The molecule has 3 aliphatic rings. The number of benzene rings is 2. The molecule has 2 unspecified atom stereocenters. The van der Waals surface area contributed by atoms with Gasteiger partial charge in [-0.15, -0.1) is 0 Å². The largest absolute Gasteiger partial charge is 0.455 e. The molecular weight excluding hydrogens is 424 g/mol. The van der Waals surface area contributed by atoms with Crippen molar-refractivity contribution < 1.29 is 19.1 Å². The predicted molar refractivity (Wildman–Crippen MR) is 134 cm³/mol. The van der Waals surface area contributed by atoms with E-state index in [4.69, 9.17) is 9.47 Å². The lowest BCUT2D eigenvalue weighted by Crippen LogP contribution is -2.52. The average Bonchev–Trinajstić information content (AvgIpc) is 2.88. The van der Waals surface area contributed by atoms with E-state index in [9.17, 15) is 9.59 Å². The molecule has 2 atom stereocenters. The monoisotopic (exact) mass is 462 g/mol. The highest BCUT2D eigenvalue weighted by atomic mass is 16.6. The smallest absolute Gasteiger partial charge is 0.338 e. The number of fused-ring (bicyclic) bond motifs is 3. The molecule has 4 nitrogen and oxygen atoms in total. The van der Waals surface area contributed by atoms with Gasteiger partial charge in [-0.1, -0.05) is 51.0 Å². The van der Waals surface area contributed by atoms with Gasteiger partial charge in [-0.3, -0.25) is 0 Å². The molecule has 3 saturated carbocycles. The minimum absolute atomic E-state index is 0.256. The van der Waals surface area contributed by atoms with Crippen molar-refractivity contribution in [3.63, 3.8) is 0 Å². The number of esters is 2. The van der Waals surface area contributed by atoms with E-state index in [0.717, 1.165) is 64.2 Å². The Morgan fingerprint density at radius 3 is 1.32 bits per heavy atom. The van der Waals surface area contributed by atoms with Crippen molar-refractivity contribution in [1.29, 1.82) is 0 Å². The van der Waals surface area contributed by atoms with Crippen LogP contribution in [0.25, 0.3) is 0 Å². The van der Waals surface area contributed by atoms with Crippen molar-refractivity contribution in [2.75, 3.05) is 0 Å². The van der Waals surface area contributed by atoms with Gasteiger partial charge in [0.2, 0.25) is 0 Å². The summed E-state index contributed by atoms with van der Waals surface area (Å²) in [5.41, 5.74) is 3.61. The minimum atomic E-state index is -0.368. The van der Waals surface area contributed by atoms with E-state index in [0.29, 0.717) is 11.1 Å². The highest BCUT2D eigenvalue weighted by Gasteiger charge is 2.48. The number of hydrogen-bond donors (Lipinski definition) is 0. The summed E-state index contributed by atoms with van der Waals surface area (Å²) in [5, 5.41) is 0. The van der Waals surface area contributed by atoms with E-state index < -0.39 is 0 Å². The van der Waals surface area contributed by atoms with Crippen LogP contribution in [-0.4, -0.2) is 24.1 Å². The molecule has 3 aliphatic carbocycles. The van der Waals surface area contributed by atoms with E-state index in [-0.39, 0.29) is 36.0 Å². The quantitative estimate of drug-likeness (QED) is 0.359. The topological polar surface area (TPSA) is 52.6 Å². The maximum atomic E-state index is 13.0. The summed E-state index contributed by atoms with van der Waals surface area (Å²) in [6.45, 7) is 4.35. The lowest BCUT2D eigenvalue weighted by atomic mass is 9.67. The molecule has 0 N–H and O–H groups in total. The number of unbranched alkanes of at least 4 members (excludes halogenated alkanes) is 2. The van der Waals surface area contributed by atoms with Gasteiger partial charge in [0, 0.05) is 0 Å². The van der Waals surface area contributed by atoms with Crippen molar-refractivity contribution >= 4 is 11.9 Å². The van der Waals surface area contributed by atoms with Crippen molar-refractivity contribution in [2.45, 2.75) is 90.3 Å². The van der Waals surface area contributed by atoms with E-state index in [1.807, 2.05) is 48.5 Å². The highest BCUT2D eigenvalue weighted by Crippen LogP contribution is 2.44. The molecule has 5 rings (SSSR count). The van der Waals surface area contributed by atoms with Crippen molar-refractivity contribution in [2.24, 2.45) is 11.8 Å². The van der Waals surface area contributed by atoms with Gasteiger partial charge in [0.15, 0.2) is 0 Å². The van der Waals surface area contributed by atoms with E-state index in [1.165, 1.54) is 11.1 Å². The van der Waals surface area contributed by atoms with Crippen LogP contribution in [0, 0.1) is 11.8 Å². The molecule has 0 aliphatic heterocycles. The number of carbonyl (C=O) groups excluding carboxylic acids is 2. The molecule has 0 radical (unpaired) electrons. The standard InChI is InChI=1S/C30H38O4/c1-3-5-7-21-9-13-25(14-10-21)29(31)33-27-23-17-19-24(20-18-23)28(27)34-30(32)26-15-11-22(12-16-26)8-6-4-2/h9-16,23-24,27-28H,3-8,17-20H2,1-2H3. The van der Waals surface area contributed by atoms with Crippen molar-refractivity contribution in [3.05, 3.63) is 70.8 Å². The Morgan fingerprint density at radius 1 is 0.647 bits per heavy atom. The van der Waals surface area contributed by atoms with E-state index in [1.54, 1.807) is 0 Å². The van der Waals surface area contributed by atoms with Crippen LogP contribution in [0.2, 0.25) is 0 Å². The van der Waals surface area contributed by atoms with Gasteiger partial charge >= 0.3 is 11.9 Å². The summed E-state index contributed by atoms with van der Waals surface area (Å²) in [4.78, 5) is 26.0. The fourth-order valence-electron chi connectivity index (χ4n) is 5.43. The molecule has 2 aromatic rings. The molecular formula is C30H38O4. The zero-order chi connectivity index (χ0) is 23.9. The Kier molecular flexibility index (Phi) is 8.42. The van der Waals surface area contributed by atoms with E-state index in [2.05, 4.69) is 13.8 Å². The van der Waals surface area contributed by atoms with Gasteiger partial charge in [0.05, 0.1) is 11.1 Å². The first-order valence-corrected chi connectivity index (χ1v) is 13.2. The first kappa shape index (κ1) is 24.5. The van der Waals surface area contributed by atoms with Gasteiger partial charge in [-0.25, -0.2) is 9.59 Å². The lowest BCUT2D eigenvalue weighted by molar-refractivity contribution is -0.121. The highest BCUT2D eigenvalue weighted by molar-refractivity contribution is 5.90. The number of ether oxygens (including phenoxy) is 2. The van der Waals surface area contributed by atoms with Crippen LogP contribution >= 0.6 is 0 Å². The zero-order valence-corrected chi connectivity index (χ0v) is 20.6. The number of carbonyl (C=O) groups is 2. The molecule has 2 aromatic carbocycles. The zero-order valence-electron chi connectivity index (χ0n) is 20.6. The van der Waals surface area contributed by atoms with Crippen LogP contribution < -0.4 is 0 Å². The fourth-order valence-corrected chi connectivity index (χ4v) is 5.43. The molecule has 34 heavy (non-hydrogen) atoms. The number of rotatable bonds is 10. The third-order valence-electron chi connectivity index (χ3n) is 7.57. The first-order valence-electron chi connectivity index (χ1n) is 13.2. The van der Waals surface area contributed by atoms with Gasteiger partial charge in [-0.2, -0.15) is 0 Å². The predicted octanol–water partition coefficient (Wildman–Crippen LogP) is 6.94. The van der Waals surface area contributed by atoms with Crippen LogP contribution in [-0.2, 0) is 22.3 Å². The second-order valence-corrected chi connectivity index (χ2v) is 10.0. The third kappa shape index (κ3) is 5.89. The van der Waals surface area contributed by atoms with Crippen LogP contribution in [0.15, 0.2) is 48.5 Å².